The fourth-order valence-electron chi connectivity index (χ4n) is 5.68. The maximum Gasteiger partial charge on any atom is 0.255 e. The Morgan fingerprint density at radius 2 is 1.85 bits per heavy atom. The number of aromatic nitrogens is 3. The molecule has 3 aromatic rings. The van der Waals surface area contributed by atoms with Crippen LogP contribution in [0.1, 0.15) is 68.3 Å². The third-order valence-corrected chi connectivity index (χ3v) is 8.42. The van der Waals surface area contributed by atoms with E-state index in [4.69, 9.17) is 0 Å². The van der Waals surface area contributed by atoms with E-state index < -0.39 is 35.1 Å². The van der Waals surface area contributed by atoms with Crippen LogP contribution >= 0.6 is 0 Å². The molecule has 0 aromatic carbocycles. The second kappa shape index (κ2) is 9.83. The molecule has 3 N–H and O–H groups in total. The monoisotopic (exact) mass is 540 g/mol. The smallest absolute Gasteiger partial charge is 0.255 e. The average molecular weight is 541 g/mol. The standard InChI is InChI=1S/C28H31F3N6O2/c1-26(2,39)23(29)16-34-24(38)19-15-33-21(22-4-3-18-11-17(13-32)14-35-37(18)22)12-20(19)36-28-8-5-27(6-9-28,7-10-28)25(30)31/h3-4,11-12,14-15,23,25,39H,5-10,16H2,1-2H3,(H,33,36)(H,34,38). The van der Waals surface area contributed by atoms with Crippen molar-refractivity contribution < 1.29 is 23.1 Å². The quantitative estimate of drug-likeness (QED) is 0.375. The molecule has 1 amide bonds. The minimum absolute atomic E-state index is 0.188. The van der Waals surface area contributed by atoms with Gasteiger partial charge in [0, 0.05) is 17.2 Å². The number of rotatable bonds is 8. The maximum atomic E-state index is 14.3. The fourth-order valence-corrected chi connectivity index (χ4v) is 5.68. The van der Waals surface area contributed by atoms with Crippen LogP contribution in [0.5, 0.6) is 0 Å². The van der Waals surface area contributed by atoms with Crippen molar-refractivity contribution in [1.29, 1.82) is 5.26 Å². The maximum absolute atomic E-state index is 14.3. The summed E-state index contributed by atoms with van der Waals surface area (Å²) in [5.41, 5.74) is -0.0810. The highest BCUT2D eigenvalue weighted by Gasteiger charge is 2.53. The largest absolute Gasteiger partial charge is 0.387 e. The van der Waals surface area contributed by atoms with Gasteiger partial charge in [0.25, 0.3) is 5.91 Å². The zero-order valence-corrected chi connectivity index (χ0v) is 21.8. The van der Waals surface area contributed by atoms with E-state index in [1.54, 1.807) is 16.6 Å². The minimum Gasteiger partial charge on any atom is -0.387 e. The van der Waals surface area contributed by atoms with E-state index in [0.717, 1.165) is 0 Å². The van der Waals surface area contributed by atoms with Crippen molar-refractivity contribution in [1.82, 2.24) is 19.9 Å². The molecule has 206 valence electrons. The number of nitrogens with one attached hydrogen (secondary N) is 2. The van der Waals surface area contributed by atoms with E-state index in [-0.39, 0.29) is 12.1 Å². The lowest BCUT2D eigenvalue weighted by molar-refractivity contribution is -0.0779. The first-order chi connectivity index (χ1) is 18.5. The predicted molar refractivity (Wildman–Crippen MR) is 139 cm³/mol. The van der Waals surface area contributed by atoms with Crippen molar-refractivity contribution in [3.8, 4) is 17.5 Å². The zero-order valence-electron chi connectivity index (χ0n) is 21.8. The summed E-state index contributed by atoms with van der Waals surface area (Å²) in [6.07, 6.45) is 1.67. The van der Waals surface area contributed by atoms with Gasteiger partial charge < -0.3 is 15.7 Å². The molecule has 0 radical (unpaired) electrons. The molecule has 8 nitrogen and oxygen atoms in total. The summed E-state index contributed by atoms with van der Waals surface area (Å²) in [6.45, 7) is 2.26. The molecule has 3 fully saturated rings. The lowest BCUT2D eigenvalue weighted by atomic mass is 9.57. The Morgan fingerprint density at radius 1 is 1.15 bits per heavy atom. The molecule has 2 bridgehead atoms. The Hall–Kier alpha value is -3.65. The lowest BCUT2D eigenvalue weighted by Crippen LogP contribution is -2.53. The van der Waals surface area contributed by atoms with Crippen LogP contribution in [0.2, 0.25) is 0 Å². The summed E-state index contributed by atoms with van der Waals surface area (Å²) in [6, 6.07) is 9.10. The Balaban J connectivity index is 1.48. The van der Waals surface area contributed by atoms with Crippen LogP contribution in [-0.2, 0) is 0 Å². The molecule has 39 heavy (non-hydrogen) atoms. The van der Waals surface area contributed by atoms with E-state index in [1.165, 1.54) is 26.2 Å². The van der Waals surface area contributed by atoms with E-state index in [0.29, 0.717) is 66.7 Å². The first kappa shape index (κ1) is 26.9. The van der Waals surface area contributed by atoms with Gasteiger partial charge in [-0.15, -0.1) is 0 Å². The van der Waals surface area contributed by atoms with Crippen LogP contribution in [0.4, 0.5) is 18.9 Å². The Kier molecular flexibility index (Phi) is 6.79. The number of hydrogen-bond donors (Lipinski definition) is 3. The van der Waals surface area contributed by atoms with Crippen molar-refractivity contribution in [2.24, 2.45) is 5.41 Å². The van der Waals surface area contributed by atoms with E-state index >= 15 is 0 Å². The Labute approximate surface area is 224 Å². The second-order valence-electron chi connectivity index (χ2n) is 11.4. The van der Waals surface area contributed by atoms with Crippen molar-refractivity contribution in [3.63, 3.8) is 0 Å². The van der Waals surface area contributed by atoms with Crippen molar-refractivity contribution >= 4 is 17.1 Å². The number of aliphatic hydroxyl groups is 1. The number of pyridine rings is 1. The number of nitrogens with zero attached hydrogens (tertiary/aromatic N) is 4. The first-order valence-electron chi connectivity index (χ1n) is 13.0. The topological polar surface area (TPSA) is 115 Å². The van der Waals surface area contributed by atoms with Crippen LogP contribution in [-0.4, -0.2) is 55.9 Å². The fraction of sp³-hybridized carbons (Fsp3) is 0.500. The first-order valence-corrected chi connectivity index (χ1v) is 13.0. The van der Waals surface area contributed by atoms with Gasteiger partial charge in [-0.1, -0.05) is 0 Å². The van der Waals surface area contributed by atoms with Crippen LogP contribution in [0.3, 0.4) is 0 Å². The summed E-state index contributed by atoms with van der Waals surface area (Å²) >= 11 is 0. The van der Waals surface area contributed by atoms with E-state index in [2.05, 4.69) is 26.8 Å². The molecule has 3 heterocycles. The van der Waals surface area contributed by atoms with Crippen molar-refractivity contribution in [3.05, 3.63) is 47.8 Å². The molecule has 0 saturated heterocycles. The highest BCUT2D eigenvalue weighted by molar-refractivity contribution is 6.00. The number of amides is 1. The number of fused-ring (bicyclic) bond motifs is 4. The summed E-state index contributed by atoms with van der Waals surface area (Å²) in [5.74, 6) is -0.565. The Bertz CT molecular complexity index is 1420. The molecule has 0 aliphatic heterocycles. The normalized spacial score (nSPS) is 23.5. The SMILES string of the molecule is CC(C)(O)C(F)CNC(=O)c1cnc(-c2ccc3cc(C#N)cnn23)cc1NC12CCC(C(F)F)(CC1)CC2. The van der Waals surface area contributed by atoms with Gasteiger partial charge in [0.15, 0.2) is 0 Å². The third kappa shape index (κ3) is 5.05. The molecule has 0 spiro atoms. The predicted octanol–water partition coefficient (Wildman–Crippen LogP) is 4.88. The second-order valence-corrected chi connectivity index (χ2v) is 11.4. The molecular formula is C28H31F3N6O2. The zero-order chi connectivity index (χ0) is 28.0. The molecular weight excluding hydrogens is 509 g/mol. The molecule has 1 unspecified atom stereocenters. The molecule has 1 atom stereocenters. The molecule has 3 saturated carbocycles. The average Bonchev–Trinajstić information content (AvgIpc) is 3.35. The van der Waals surface area contributed by atoms with Crippen LogP contribution in [0.25, 0.3) is 16.9 Å². The number of anilines is 1. The number of alkyl halides is 3. The van der Waals surface area contributed by atoms with Crippen LogP contribution in [0, 0.1) is 16.7 Å². The van der Waals surface area contributed by atoms with Gasteiger partial charge in [0.05, 0.1) is 52.1 Å². The minimum atomic E-state index is -2.36. The molecule has 3 aliphatic carbocycles. The lowest BCUT2D eigenvalue weighted by Gasteiger charge is -2.53. The number of carbonyl (C=O) groups is 1. The number of halogens is 3. The molecule has 3 aromatic heterocycles. The van der Waals surface area contributed by atoms with Gasteiger partial charge in [-0.3, -0.25) is 9.78 Å². The van der Waals surface area contributed by atoms with Crippen LogP contribution < -0.4 is 10.6 Å². The number of nitriles is 1. The van der Waals surface area contributed by atoms with Gasteiger partial charge in [-0.25, -0.2) is 17.7 Å². The molecule has 11 heteroatoms. The van der Waals surface area contributed by atoms with E-state index in [9.17, 15) is 28.3 Å². The van der Waals surface area contributed by atoms with Gasteiger partial charge in [-0.05, 0) is 76.6 Å². The Morgan fingerprint density at radius 3 is 2.46 bits per heavy atom. The van der Waals surface area contributed by atoms with Crippen molar-refractivity contribution in [2.45, 2.75) is 76.1 Å². The number of hydrogen-bond acceptors (Lipinski definition) is 6. The summed E-state index contributed by atoms with van der Waals surface area (Å²) in [5, 5.41) is 29.5. The van der Waals surface area contributed by atoms with Crippen molar-refractivity contribution in [2.75, 3.05) is 11.9 Å². The highest BCUT2D eigenvalue weighted by atomic mass is 19.3. The molecule has 6 rings (SSSR count). The summed E-state index contributed by atoms with van der Waals surface area (Å²) in [7, 11) is 0. The van der Waals surface area contributed by atoms with Gasteiger partial charge >= 0.3 is 0 Å². The van der Waals surface area contributed by atoms with Gasteiger partial charge in [0.2, 0.25) is 6.43 Å². The molecule has 3 aliphatic rings. The summed E-state index contributed by atoms with van der Waals surface area (Å²) in [4.78, 5) is 17.7. The third-order valence-electron chi connectivity index (χ3n) is 8.42. The van der Waals surface area contributed by atoms with Crippen LogP contribution in [0.15, 0.2) is 36.7 Å². The highest BCUT2D eigenvalue weighted by Crippen LogP contribution is 2.56. The van der Waals surface area contributed by atoms with Gasteiger partial charge in [-0.2, -0.15) is 10.4 Å². The van der Waals surface area contributed by atoms with E-state index in [1.807, 2.05) is 12.1 Å². The number of carbonyl (C=O) groups excluding carboxylic acids is 1. The summed E-state index contributed by atoms with van der Waals surface area (Å²) < 4.78 is 43.6. The van der Waals surface area contributed by atoms with Gasteiger partial charge in [0.1, 0.15) is 12.2 Å².